The van der Waals surface area contributed by atoms with Crippen molar-refractivity contribution in [2.45, 2.75) is 33.1 Å². The van der Waals surface area contributed by atoms with Gasteiger partial charge in [-0.1, -0.05) is 41.9 Å². The van der Waals surface area contributed by atoms with Crippen LogP contribution in [0.15, 0.2) is 30.3 Å². The van der Waals surface area contributed by atoms with Gasteiger partial charge in [0.2, 0.25) is 0 Å². The molecule has 0 aliphatic heterocycles. The van der Waals surface area contributed by atoms with E-state index in [1.807, 2.05) is 32.0 Å². The average molecular weight is 301 g/mol. The van der Waals surface area contributed by atoms with Gasteiger partial charge in [0.1, 0.15) is 0 Å². The number of benzene rings is 1. The molecule has 0 atom stereocenters. The van der Waals surface area contributed by atoms with Gasteiger partial charge in [-0.15, -0.1) is 10.2 Å². The van der Waals surface area contributed by atoms with Gasteiger partial charge in [-0.25, -0.2) is 0 Å². The second-order valence-electron chi connectivity index (χ2n) is 5.79. The molecule has 3 aromatic rings. The largest absolute Gasteiger partial charge is 0.195 e. The van der Waals surface area contributed by atoms with Crippen molar-refractivity contribution in [2.75, 3.05) is 0 Å². The van der Waals surface area contributed by atoms with Crippen LogP contribution in [0, 0.1) is 13.8 Å². The first-order valence-electron chi connectivity index (χ1n) is 6.87. The van der Waals surface area contributed by atoms with E-state index >= 15 is 0 Å². The fraction of sp³-hybridized carbons (Fsp3) is 0.312. The number of aromatic nitrogens is 4. The van der Waals surface area contributed by atoms with Crippen LogP contribution in [0.25, 0.3) is 5.65 Å². The van der Waals surface area contributed by atoms with Gasteiger partial charge in [0.05, 0.1) is 5.41 Å². The van der Waals surface area contributed by atoms with Gasteiger partial charge in [-0.05, 0) is 38.8 Å². The van der Waals surface area contributed by atoms with Crippen LogP contribution in [0.1, 0.15) is 36.4 Å². The van der Waals surface area contributed by atoms with Crippen LogP contribution < -0.4 is 0 Å². The highest BCUT2D eigenvalue weighted by Gasteiger charge is 2.30. The van der Waals surface area contributed by atoms with E-state index in [4.69, 9.17) is 11.6 Å². The molecule has 0 radical (unpaired) electrons. The molecular formula is C16H17ClN4. The number of fused-ring (bicyclic) bond motifs is 1. The first-order chi connectivity index (χ1) is 9.93. The third-order valence-corrected chi connectivity index (χ3v) is 4.45. The van der Waals surface area contributed by atoms with Crippen molar-refractivity contribution in [1.29, 1.82) is 0 Å². The minimum absolute atomic E-state index is 0.307. The maximum absolute atomic E-state index is 6.23. The van der Waals surface area contributed by atoms with Crippen LogP contribution in [0.3, 0.4) is 0 Å². The van der Waals surface area contributed by atoms with Gasteiger partial charge in [0.15, 0.2) is 16.6 Å². The molecule has 0 bridgehead atoms. The van der Waals surface area contributed by atoms with Crippen molar-refractivity contribution < 1.29 is 0 Å². The number of hydrogen-bond acceptors (Lipinski definition) is 3. The summed E-state index contributed by atoms with van der Waals surface area (Å²) >= 11 is 6.23. The maximum Gasteiger partial charge on any atom is 0.181 e. The Morgan fingerprint density at radius 1 is 1.00 bits per heavy atom. The zero-order chi connectivity index (χ0) is 15.2. The Hall–Kier alpha value is -1.94. The summed E-state index contributed by atoms with van der Waals surface area (Å²) in [6.45, 7) is 8.17. The number of hydrogen-bond donors (Lipinski definition) is 0. The van der Waals surface area contributed by atoms with Crippen LogP contribution in [0.5, 0.6) is 0 Å². The van der Waals surface area contributed by atoms with Gasteiger partial charge in [-0.3, -0.25) is 0 Å². The number of rotatable bonds is 2. The predicted molar refractivity (Wildman–Crippen MR) is 83.8 cm³/mol. The third-order valence-electron chi connectivity index (χ3n) is 4.09. The summed E-state index contributed by atoms with van der Waals surface area (Å²) in [6.07, 6.45) is 0. The summed E-state index contributed by atoms with van der Waals surface area (Å²) in [6, 6.07) is 10.2. The summed E-state index contributed by atoms with van der Waals surface area (Å²) in [7, 11) is 0. The van der Waals surface area contributed by atoms with Crippen molar-refractivity contribution >= 4 is 17.2 Å². The highest BCUT2D eigenvalue weighted by Crippen LogP contribution is 2.31. The van der Waals surface area contributed by atoms with Gasteiger partial charge in [-0.2, -0.15) is 9.61 Å². The normalized spacial score (nSPS) is 12.0. The Balaban J connectivity index is 2.27. The molecular weight excluding hydrogens is 284 g/mol. The maximum atomic E-state index is 6.23. The van der Waals surface area contributed by atoms with Crippen LogP contribution in [0.4, 0.5) is 0 Å². The Labute approximate surface area is 128 Å². The zero-order valence-electron chi connectivity index (χ0n) is 12.6. The summed E-state index contributed by atoms with van der Waals surface area (Å²) in [5, 5.41) is 13.6. The first kappa shape index (κ1) is 14.0. The molecule has 5 heteroatoms. The lowest BCUT2D eigenvalue weighted by atomic mass is 9.84. The zero-order valence-corrected chi connectivity index (χ0v) is 13.3. The molecule has 0 aliphatic carbocycles. The highest BCUT2D eigenvalue weighted by atomic mass is 35.5. The average Bonchev–Trinajstić information content (AvgIpc) is 2.90. The molecule has 3 rings (SSSR count). The van der Waals surface area contributed by atoms with E-state index in [1.54, 1.807) is 4.52 Å². The third kappa shape index (κ3) is 2.10. The molecule has 0 spiro atoms. The quantitative estimate of drug-likeness (QED) is 0.724. The van der Waals surface area contributed by atoms with Gasteiger partial charge in [0.25, 0.3) is 0 Å². The molecule has 0 N–H and O–H groups in total. The Morgan fingerprint density at radius 3 is 2.33 bits per heavy atom. The summed E-state index contributed by atoms with van der Waals surface area (Å²) < 4.78 is 1.76. The van der Waals surface area contributed by atoms with E-state index < -0.39 is 0 Å². The second-order valence-corrected chi connectivity index (χ2v) is 6.15. The second kappa shape index (κ2) is 4.81. The molecule has 21 heavy (non-hydrogen) atoms. The Kier molecular flexibility index (Phi) is 3.21. The van der Waals surface area contributed by atoms with Crippen LogP contribution in [-0.2, 0) is 5.41 Å². The molecule has 1 aromatic carbocycles. The van der Waals surface area contributed by atoms with Gasteiger partial charge in [0, 0.05) is 5.56 Å². The van der Waals surface area contributed by atoms with E-state index in [0.29, 0.717) is 5.15 Å². The molecule has 108 valence electrons. The van der Waals surface area contributed by atoms with Crippen molar-refractivity contribution in [3.8, 4) is 0 Å². The monoisotopic (exact) mass is 300 g/mol. The topological polar surface area (TPSA) is 43.1 Å². The van der Waals surface area contributed by atoms with Crippen molar-refractivity contribution in [3.05, 3.63) is 58.0 Å². The lowest BCUT2D eigenvalue weighted by molar-refractivity contribution is 0.567. The lowest BCUT2D eigenvalue weighted by Gasteiger charge is -2.23. The van der Waals surface area contributed by atoms with Crippen molar-refractivity contribution in [2.24, 2.45) is 0 Å². The predicted octanol–water partition coefficient (Wildman–Crippen LogP) is 3.72. The number of aryl methyl sites for hydroxylation is 1. The van der Waals surface area contributed by atoms with E-state index in [1.165, 1.54) is 0 Å². The minimum Gasteiger partial charge on any atom is -0.195 e. The molecule has 0 unspecified atom stereocenters. The first-order valence-corrected chi connectivity index (χ1v) is 7.25. The van der Waals surface area contributed by atoms with E-state index in [9.17, 15) is 0 Å². The molecule has 0 amide bonds. The molecule has 2 aromatic heterocycles. The fourth-order valence-corrected chi connectivity index (χ4v) is 2.68. The molecule has 0 saturated heterocycles. The van der Waals surface area contributed by atoms with Crippen molar-refractivity contribution in [1.82, 2.24) is 19.8 Å². The Morgan fingerprint density at radius 2 is 1.67 bits per heavy atom. The van der Waals surface area contributed by atoms with Crippen LogP contribution >= 0.6 is 11.6 Å². The highest BCUT2D eigenvalue weighted by molar-refractivity contribution is 6.30. The molecule has 2 heterocycles. The molecule has 0 fully saturated rings. The summed E-state index contributed by atoms with van der Waals surface area (Å²) in [5.41, 5.74) is 3.57. The van der Waals surface area contributed by atoms with E-state index in [-0.39, 0.29) is 5.41 Å². The van der Waals surface area contributed by atoms with Crippen molar-refractivity contribution in [3.63, 3.8) is 0 Å². The van der Waals surface area contributed by atoms with E-state index in [2.05, 4.69) is 41.3 Å². The smallest absolute Gasteiger partial charge is 0.181 e. The van der Waals surface area contributed by atoms with E-state index in [0.717, 1.165) is 28.2 Å². The standard InChI is InChI=1S/C16H17ClN4/c1-10-11(2)14-18-19-15(21(14)20-13(10)17)16(3,4)12-8-6-5-7-9-12/h5-9H,1-4H3. The van der Waals surface area contributed by atoms with Gasteiger partial charge >= 0.3 is 0 Å². The summed E-state index contributed by atoms with van der Waals surface area (Å²) in [5.74, 6) is 0.786. The molecule has 0 saturated carbocycles. The number of nitrogens with zero attached hydrogens (tertiary/aromatic N) is 4. The molecule has 0 aliphatic rings. The molecule has 4 nitrogen and oxygen atoms in total. The van der Waals surface area contributed by atoms with Crippen LogP contribution in [0.2, 0.25) is 5.15 Å². The lowest BCUT2D eigenvalue weighted by Crippen LogP contribution is -2.23. The summed E-state index contributed by atoms with van der Waals surface area (Å²) in [4.78, 5) is 0. The fourth-order valence-electron chi connectivity index (χ4n) is 2.47. The number of halogens is 1. The van der Waals surface area contributed by atoms with Crippen LogP contribution in [-0.4, -0.2) is 19.8 Å². The SMILES string of the molecule is Cc1c(Cl)nn2c(C(C)(C)c3ccccc3)nnc2c1C. The minimum atomic E-state index is -0.307. The van der Waals surface area contributed by atoms with Gasteiger partial charge < -0.3 is 0 Å². The Bertz CT molecular complexity index is 806.